The molecule has 0 aliphatic carbocycles. The number of carboxylic acids is 1. The normalized spacial score (nSPS) is 10.1. The van der Waals surface area contributed by atoms with E-state index in [1.54, 1.807) is 23.6 Å². The number of thiazole rings is 1. The van der Waals surface area contributed by atoms with Gasteiger partial charge >= 0.3 is 5.97 Å². The molecule has 6 heteroatoms. The number of nitrogens with one attached hydrogen (secondary N) is 1. The molecule has 5 nitrogen and oxygen atoms in total. The molecule has 0 radical (unpaired) electrons. The second-order valence-electron chi connectivity index (χ2n) is 3.39. The number of nitrogens with two attached hydrogens (primary N) is 1. The van der Waals surface area contributed by atoms with Crippen molar-refractivity contribution in [1.82, 2.24) is 4.98 Å². The zero-order valence-electron chi connectivity index (χ0n) is 8.88. The summed E-state index contributed by atoms with van der Waals surface area (Å²) >= 11 is 1.55. The van der Waals surface area contributed by atoms with Gasteiger partial charge in [0.05, 0.1) is 23.5 Å². The predicted octanol–water partition coefficient (Wildman–Crippen LogP) is 2.04. The van der Waals surface area contributed by atoms with Gasteiger partial charge in [0.2, 0.25) is 0 Å². The molecule has 0 bridgehead atoms. The van der Waals surface area contributed by atoms with Crippen molar-refractivity contribution < 1.29 is 9.90 Å². The first kappa shape index (κ1) is 11.4. The Morgan fingerprint density at radius 2 is 2.35 bits per heavy atom. The molecule has 0 fully saturated rings. The van der Waals surface area contributed by atoms with E-state index in [1.807, 2.05) is 5.38 Å². The van der Waals surface area contributed by atoms with Crippen molar-refractivity contribution in [2.24, 2.45) is 0 Å². The van der Waals surface area contributed by atoms with E-state index in [2.05, 4.69) is 10.3 Å². The summed E-state index contributed by atoms with van der Waals surface area (Å²) in [6.45, 7) is 0.578. The highest BCUT2D eigenvalue weighted by atomic mass is 32.1. The van der Waals surface area contributed by atoms with Crippen LogP contribution in [0.3, 0.4) is 0 Å². The Labute approximate surface area is 102 Å². The summed E-state index contributed by atoms with van der Waals surface area (Å²) in [5, 5.41) is 14.8. The first-order valence-corrected chi connectivity index (χ1v) is 5.80. The number of hydrogen-bond acceptors (Lipinski definition) is 5. The third-order valence-corrected chi connectivity index (χ3v) is 2.99. The molecular weight excluding hydrogens is 238 g/mol. The van der Waals surface area contributed by atoms with Crippen LogP contribution in [-0.2, 0) is 6.54 Å². The Morgan fingerprint density at radius 1 is 1.53 bits per heavy atom. The van der Waals surface area contributed by atoms with Crippen LogP contribution < -0.4 is 11.1 Å². The Bertz CT molecular complexity index is 526. The van der Waals surface area contributed by atoms with Crippen LogP contribution in [0.4, 0.5) is 11.4 Å². The van der Waals surface area contributed by atoms with Gasteiger partial charge in [0.25, 0.3) is 0 Å². The molecule has 0 unspecified atom stereocenters. The molecule has 1 aromatic carbocycles. The van der Waals surface area contributed by atoms with Crippen LogP contribution in [0, 0.1) is 0 Å². The number of carbonyl (C=O) groups is 1. The minimum absolute atomic E-state index is 0.183. The molecule has 0 aliphatic heterocycles. The van der Waals surface area contributed by atoms with Gasteiger partial charge in [0, 0.05) is 11.6 Å². The fourth-order valence-electron chi connectivity index (χ4n) is 1.37. The molecule has 2 rings (SSSR count). The SMILES string of the molecule is Nc1cc(C(=O)O)ccc1NCc1nccs1. The van der Waals surface area contributed by atoms with Crippen molar-refractivity contribution in [2.45, 2.75) is 6.54 Å². The number of aromatic carboxylic acids is 1. The number of nitrogen functional groups attached to an aromatic ring is 1. The smallest absolute Gasteiger partial charge is 0.335 e. The zero-order chi connectivity index (χ0) is 12.3. The Balaban J connectivity index is 2.09. The predicted molar refractivity (Wildman–Crippen MR) is 67.3 cm³/mol. The van der Waals surface area contributed by atoms with Gasteiger partial charge in [-0.25, -0.2) is 9.78 Å². The summed E-state index contributed by atoms with van der Waals surface area (Å²) in [5.74, 6) is -0.983. The van der Waals surface area contributed by atoms with Gasteiger partial charge < -0.3 is 16.2 Å². The summed E-state index contributed by atoms with van der Waals surface area (Å²) in [6.07, 6.45) is 1.73. The molecule has 4 N–H and O–H groups in total. The van der Waals surface area contributed by atoms with Crippen LogP contribution in [0.2, 0.25) is 0 Å². The van der Waals surface area contributed by atoms with Gasteiger partial charge in [-0.15, -0.1) is 11.3 Å². The first-order valence-electron chi connectivity index (χ1n) is 4.92. The number of nitrogens with zero attached hydrogens (tertiary/aromatic N) is 1. The van der Waals surface area contributed by atoms with Gasteiger partial charge in [-0.1, -0.05) is 0 Å². The second-order valence-corrected chi connectivity index (χ2v) is 4.37. The number of anilines is 2. The number of aromatic nitrogens is 1. The first-order chi connectivity index (χ1) is 8.16. The fraction of sp³-hybridized carbons (Fsp3) is 0.0909. The van der Waals surface area contributed by atoms with Crippen LogP contribution in [0.5, 0.6) is 0 Å². The van der Waals surface area contributed by atoms with Crippen molar-refractivity contribution in [3.8, 4) is 0 Å². The summed E-state index contributed by atoms with van der Waals surface area (Å²) in [5.41, 5.74) is 7.07. The maximum atomic E-state index is 10.7. The molecule has 0 atom stereocenters. The minimum atomic E-state index is -0.983. The molecule has 0 spiro atoms. The van der Waals surface area contributed by atoms with Crippen LogP contribution in [0.1, 0.15) is 15.4 Å². The lowest BCUT2D eigenvalue weighted by Crippen LogP contribution is -2.04. The number of rotatable bonds is 4. The van der Waals surface area contributed by atoms with E-state index >= 15 is 0 Å². The average molecular weight is 249 g/mol. The quantitative estimate of drug-likeness (QED) is 0.721. The summed E-state index contributed by atoms with van der Waals surface area (Å²) < 4.78 is 0. The van der Waals surface area contributed by atoms with E-state index in [1.165, 1.54) is 12.1 Å². The maximum Gasteiger partial charge on any atom is 0.335 e. The Morgan fingerprint density at radius 3 is 2.94 bits per heavy atom. The lowest BCUT2D eigenvalue weighted by atomic mass is 10.2. The number of benzene rings is 1. The highest BCUT2D eigenvalue weighted by Gasteiger charge is 2.06. The number of carboxylic acid groups (broad SMARTS) is 1. The fourth-order valence-corrected chi connectivity index (χ4v) is 1.92. The molecule has 0 aliphatic rings. The van der Waals surface area contributed by atoms with Crippen molar-refractivity contribution >= 4 is 28.7 Å². The van der Waals surface area contributed by atoms with Crippen LogP contribution in [0.15, 0.2) is 29.8 Å². The lowest BCUT2D eigenvalue weighted by molar-refractivity contribution is 0.0697. The van der Waals surface area contributed by atoms with Gasteiger partial charge in [-0.2, -0.15) is 0 Å². The maximum absolute atomic E-state index is 10.7. The molecule has 2 aromatic rings. The van der Waals surface area contributed by atoms with Gasteiger partial charge in [-0.05, 0) is 18.2 Å². The summed E-state index contributed by atoms with van der Waals surface area (Å²) in [7, 11) is 0. The lowest BCUT2D eigenvalue weighted by Gasteiger charge is -2.08. The topological polar surface area (TPSA) is 88.2 Å². The van der Waals surface area contributed by atoms with E-state index in [4.69, 9.17) is 10.8 Å². The largest absolute Gasteiger partial charge is 0.478 e. The molecular formula is C11H11N3O2S. The highest BCUT2D eigenvalue weighted by molar-refractivity contribution is 7.09. The summed E-state index contributed by atoms with van der Waals surface area (Å²) in [4.78, 5) is 14.9. The highest BCUT2D eigenvalue weighted by Crippen LogP contribution is 2.21. The van der Waals surface area contributed by atoms with Gasteiger partial charge in [0.1, 0.15) is 5.01 Å². The van der Waals surface area contributed by atoms with Crippen LogP contribution in [0.25, 0.3) is 0 Å². The number of hydrogen-bond donors (Lipinski definition) is 3. The third-order valence-electron chi connectivity index (χ3n) is 2.21. The third kappa shape index (κ3) is 2.73. The van der Waals surface area contributed by atoms with Crippen molar-refractivity contribution in [1.29, 1.82) is 0 Å². The van der Waals surface area contributed by atoms with Gasteiger partial charge in [0.15, 0.2) is 0 Å². The van der Waals surface area contributed by atoms with Crippen molar-refractivity contribution in [3.05, 3.63) is 40.3 Å². The molecule has 17 heavy (non-hydrogen) atoms. The molecule has 1 aromatic heterocycles. The Hall–Kier alpha value is -2.08. The second kappa shape index (κ2) is 4.84. The standard InChI is InChI=1S/C11H11N3O2S/c12-8-5-7(11(15)16)1-2-9(8)14-6-10-13-3-4-17-10/h1-5,14H,6,12H2,(H,15,16). The van der Waals surface area contributed by atoms with E-state index in [-0.39, 0.29) is 5.56 Å². The van der Waals surface area contributed by atoms with Crippen LogP contribution in [-0.4, -0.2) is 16.1 Å². The summed E-state index contributed by atoms with van der Waals surface area (Å²) in [6, 6.07) is 4.61. The molecule has 0 saturated carbocycles. The zero-order valence-corrected chi connectivity index (χ0v) is 9.70. The molecule has 1 heterocycles. The monoisotopic (exact) mass is 249 g/mol. The average Bonchev–Trinajstić information content (AvgIpc) is 2.80. The minimum Gasteiger partial charge on any atom is -0.478 e. The Kier molecular flexibility index (Phi) is 3.24. The van der Waals surface area contributed by atoms with E-state index < -0.39 is 5.97 Å². The van der Waals surface area contributed by atoms with E-state index in [0.29, 0.717) is 17.9 Å². The van der Waals surface area contributed by atoms with Crippen molar-refractivity contribution in [3.63, 3.8) is 0 Å². The van der Waals surface area contributed by atoms with E-state index in [9.17, 15) is 4.79 Å². The van der Waals surface area contributed by atoms with Crippen molar-refractivity contribution in [2.75, 3.05) is 11.1 Å². The molecule has 88 valence electrons. The van der Waals surface area contributed by atoms with Gasteiger partial charge in [-0.3, -0.25) is 0 Å². The van der Waals surface area contributed by atoms with E-state index in [0.717, 1.165) is 5.01 Å². The van der Waals surface area contributed by atoms with Crippen LogP contribution >= 0.6 is 11.3 Å². The molecule has 0 amide bonds. The molecule has 0 saturated heterocycles.